The number of unbranched alkanes of at least 4 members (excludes halogenated alkanes) is 33. The molecule has 67 heavy (non-hydrogen) atoms. The van der Waals surface area contributed by atoms with Crippen molar-refractivity contribution in [3.8, 4) is 0 Å². The molecule has 0 aliphatic heterocycles. The smallest absolute Gasteiger partial charge is 0.306 e. The quantitative estimate of drug-likeness (QED) is 0.0208. The van der Waals surface area contributed by atoms with Gasteiger partial charge in [-0.25, -0.2) is 0 Å². The van der Waals surface area contributed by atoms with E-state index in [9.17, 15) is 14.4 Å². The zero-order valence-electron chi connectivity index (χ0n) is 44.4. The van der Waals surface area contributed by atoms with Crippen LogP contribution in [-0.2, 0) is 28.6 Å². The number of hydrogen-bond acceptors (Lipinski definition) is 8. The molecule has 0 radical (unpaired) electrons. The van der Waals surface area contributed by atoms with Gasteiger partial charge in [-0.3, -0.25) is 14.4 Å². The van der Waals surface area contributed by atoms with Crippen LogP contribution in [0.15, 0.2) is 36.5 Å². The third-order valence-electron chi connectivity index (χ3n) is 12.2. The Balaban J connectivity index is 0. The molecule has 0 saturated heterocycles. The van der Waals surface area contributed by atoms with Gasteiger partial charge in [-0.15, -0.1) is 0 Å². The lowest BCUT2D eigenvalue weighted by atomic mass is 10.1. The van der Waals surface area contributed by atoms with Crippen molar-refractivity contribution >= 4 is 43.2 Å². The summed E-state index contributed by atoms with van der Waals surface area (Å²) in [5, 5.41) is 0. The average molecular weight is 980 g/mol. The minimum atomic E-state index is -0.781. The van der Waals surface area contributed by atoms with Crippen LogP contribution in [0, 0.1) is 0 Å². The zero-order valence-corrected chi connectivity index (χ0v) is 46.2. The lowest BCUT2D eigenvalue weighted by Crippen LogP contribution is -2.30. The Labute approximate surface area is 427 Å². The molecular weight excluding hydrogens is 869 g/mol. The summed E-state index contributed by atoms with van der Waals surface area (Å²) in [7, 11) is 0. The van der Waals surface area contributed by atoms with Gasteiger partial charge in [0.05, 0.1) is 0 Å². The van der Waals surface area contributed by atoms with E-state index in [1.54, 1.807) is 0 Å². The maximum Gasteiger partial charge on any atom is 0.306 e. The van der Waals surface area contributed by atoms with E-state index in [0.717, 1.165) is 88.6 Å². The van der Waals surface area contributed by atoms with Gasteiger partial charge in [0, 0.05) is 19.3 Å². The van der Waals surface area contributed by atoms with E-state index in [-0.39, 0.29) is 31.1 Å². The Kier molecular flexibility index (Phi) is 60.8. The minimum absolute atomic E-state index is 0.0806. The van der Waals surface area contributed by atoms with Crippen molar-refractivity contribution in [2.45, 2.75) is 297 Å². The molecule has 0 aromatic rings. The van der Waals surface area contributed by atoms with E-state index in [1.807, 2.05) is 0 Å². The van der Waals surface area contributed by atoms with Crippen molar-refractivity contribution in [3.63, 3.8) is 0 Å². The number of hydrogen-bond donors (Lipinski definition) is 2. The molecule has 0 unspecified atom stereocenters. The number of carbonyl (C=O) groups excluding carboxylic acids is 3. The molecule has 0 aromatic carbocycles. The van der Waals surface area contributed by atoms with Gasteiger partial charge < -0.3 is 14.2 Å². The van der Waals surface area contributed by atoms with Gasteiger partial charge in [0.2, 0.25) is 0 Å². The molecule has 0 spiro atoms. The lowest BCUT2D eigenvalue weighted by Gasteiger charge is -2.18. The fourth-order valence-corrected chi connectivity index (χ4v) is 7.90. The van der Waals surface area contributed by atoms with Gasteiger partial charge in [0.15, 0.2) is 6.10 Å². The molecule has 394 valence electrons. The van der Waals surface area contributed by atoms with Crippen molar-refractivity contribution in [1.29, 1.82) is 0 Å². The summed E-state index contributed by atoms with van der Waals surface area (Å²) in [6.07, 6.45) is 61.2. The van der Waals surface area contributed by atoms with E-state index < -0.39 is 6.10 Å². The summed E-state index contributed by atoms with van der Waals surface area (Å²) in [6, 6.07) is 0. The van der Waals surface area contributed by atoms with Crippen LogP contribution in [-0.4, -0.2) is 48.7 Å². The largest absolute Gasteiger partial charge is 0.462 e. The van der Waals surface area contributed by atoms with E-state index in [1.165, 1.54) is 173 Å². The highest BCUT2D eigenvalue weighted by molar-refractivity contribution is 7.84. The van der Waals surface area contributed by atoms with Crippen LogP contribution < -0.4 is 0 Å². The van der Waals surface area contributed by atoms with Crippen LogP contribution in [0.5, 0.6) is 0 Å². The predicted octanol–water partition coefficient (Wildman–Crippen LogP) is 18.9. The molecule has 0 bridgehead atoms. The fraction of sp³-hybridized carbons (Fsp3) is 0.847. The van der Waals surface area contributed by atoms with Crippen molar-refractivity contribution in [1.82, 2.24) is 0 Å². The van der Waals surface area contributed by atoms with Crippen LogP contribution in [0.1, 0.15) is 290 Å². The van der Waals surface area contributed by atoms with Gasteiger partial charge in [-0.05, 0) is 108 Å². The summed E-state index contributed by atoms with van der Waals surface area (Å²) in [5.41, 5.74) is 0. The molecular formula is C59H110O6S2. The second kappa shape index (κ2) is 60.5. The standard InChI is InChI=1S/C57H104O6.C2H6S2/c1-4-7-10-13-16-19-22-25-28-31-34-37-40-43-46-49-55(58)61-52-54(63-57(60)51-48-45-42-39-36-33-30-27-24-21-18-15-12-9-6-3)53-62-56(59)50-47-44-41-38-35-32-29-26-23-20-17-14-11-8-5-2;3-1-2-4/h25-30,54H,4-24,31-53H2,1-3H3;3-4H,1-2H2/b28-25-,29-26-,30-27-;. The molecule has 6 nitrogen and oxygen atoms in total. The molecule has 0 atom stereocenters. The van der Waals surface area contributed by atoms with E-state index >= 15 is 0 Å². The number of ether oxygens (including phenoxy) is 3. The minimum Gasteiger partial charge on any atom is -0.462 e. The summed E-state index contributed by atoms with van der Waals surface area (Å²) in [5.74, 6) is 0.863. The Bertz CT molecular complexity index is 1050. The van der Waals surface area contributed by atoms with Gasteiger partial charge in [-0.1, -0.05) is 211 Å². The molecule has 0 rings (SSSR count). The van der Waals surface area contributed by atoms with Gasteiger partial charge in [0.25, 0.3) is 0 Å². The van der Waals surface area contributed by atoms with Crippen molar-refractivity contribution in [3.05, 3.63) is 36.5 Å². The predicted molar refractivity (Wildman–Crippen MR) is 298 cm³/mol. The van der Waals surface area contributed by atoms with Crippen molar-refractivity contribution in [2.75, 3.05) is 24.7 Å². The van der Waals surface area contributed by atoms with E-state index in [4.69, 9.17) is 14.2 Å². The first kappa shape index (κ1) is 67.4. The van der Waals surface area contributed by atoms with Gasteiger partial charge in [-0.2, -0.15) is 25.3 Å². The highest BCUT2D eigenvalue weighted by Gasteiger charge is 2.19. The monoisotopic (exact) mass is 979 g/mol. The van der Waals surface area contributed by atoms with Crippen molar-refractivity contribution in [2.24, 2.45) is 0 Å². The summed E-state index contributed by atoms with van der Waals surface area (Å²) in [6.45, 7) is 6.63. The zero-order chi connectivity index (χ0) is 49.2. The Morgan fingerprint density at radius 1 is 0.328 bits per heavy atom. The first-order chi connectivity index (χ1) is 32.9. The molecule has 0 amide bonds. The maximum atomic E-state index is 12.8. The van der Waals surface area contributed by atoms with Crippen LogP contribution in [0.4, 0.5) is 0 Å². The molecule has 0 fully saturated rings. The molecule has 0 heterocycles. The van der Waals surface area contributed by atoms with Crippen LogP contribution in [0.25, 0.3) is 0 Å². The molecule has 0 aliphatic carbocycles. The topological polar surface area (TPSA) is 78.9 Å². The third kappa shape index (κ3) is 60.4. The SMILES string of the molecule is CCCCCCCC/C=C\CCCCCCCC(=O)OCC(COC(=O)CCCCCCC/C=C\CCCCCCCC)OC(=O)CCCCCCC/C=C\CCCCCCCC.SCCS. The summed E-state index contributed by atoms with van der Waals surface area (Å²) >= 11 is 7.69. The number of thiol groups is 2. The number of allylic oxidation sites excluding steroid dienone is 6. The van der Waals surface area contributed by atoms with Crippen molar-refractivity contribution < 1.29 is 28.6 Å². The number of rotatable bonds is 51. The lowest BCUT2D eigenvalue weighted by molar-refractivity contribution is -0.167. The highest BCUT2D eigenvalue weighted by Crippen LogP contribution is 2.15. The maximum absolute atomic E-state index is 12.8. The summed E-state index contributed by atoms with van der Waals surface area (Å²) in [4.78, 5) is 38.0. The normalized spacial score (nSPS) is 11.6. The Morgan fingerprint density at radius 3 is 0.806 bits per heavy atom. The fourth-order valence-electron chi connectivity index (χ4n) is 7.90. The molecule has 0 aromatic heterocycles. The van der Waals surface area contributed by atoms with Crippen LogP contribution in [0.2, 0.25) is 0 Å². The van der Waals surface area contributed by atoms with Crippen LogP contribution >= 0.6 is 25.3 Å². The first-order valence-corrected chi connectivity index (χ1v) is 29.9. The molecule has 8 heteroatoms. The summed E-state index contributed by atoms with van der Waals surface area (Å²) < 4.78 is 16.8. The first-order valence-electron chi connectivity index (χ1n) is 28.6. The van der Waals surface area contributed by atoms with E-state index in [2.05, 4.69) is 82.5 Å². The Hall–Kier alpha value is -1.67. The van der Waals surface area contributed by atoms with Crippen LogP contribution in [0.3, 0.4) is 0 Å². The van der Waals surface area contributed by atoms with E-state index in [0.29, 0.717) is 19.3 Å². The number of carbonyl (C=O) groups is 3. The second-order valence-electron chi connectivity index (χ2n) is 18.9. The van der Waals surface area contributed by atoms with Gasteiger partial charge >= 0.3 is 17.9 Å². The molecule has 0 N–H and O–H groups in total. The molecule has 0 aliphatic rings. The number of esters is 3. The molecule has 0 saturated carbocycles. The Morgan fingerprint density at radius 2 is 0.552 bits per heavy atom. The third-order valence-corrected chi connectivity index (χ3v) is 13.0. The second-order valence-corrected chi connectivity index (χ2v) is 19.8. The van der Waals surface area contributed by atoms with Gasteiger partial charge in [0.1, 0.15) is 13.2 Å². The average Bonchev–Trinajstić information content (AvgIpc) is 3.33. The highest BCUT2D eigenvalue weighted by atomic mass is 32.1.